The predicted octanol–water partition coefficient (Wildman–Crippen LogP) is 2.42. The van der Waals surface area contributed by atoms with Gasteiger partial charge in [-0.05, 0) is 19.5 Å². The van der Waals surface area contributed by atoms with E-state index in [1.807, 2.05) is 24.9 Å². The van der Waals surface area contributed by atoms with E-state index >= 15 is 0 Å². The molecule has 1 aromatic carbocycles. The van der Waals surface area contributed by atoms with Crippen molar-refractivity contribution in [3.63, 3.8) is 0 Å². The maximum atomic E-state index is 13.3. The Labute approximate surface area is 96.7 Å². The Balaban J connectivity index is 2.45. The van der Waals surface area contributed by atoms with E-state index in [1.165, 1.54) is 6.07 Å². The zero-order valence-corrected chi connectivity index (χ0v) is 9.99. The first kappa shape index (κ1) is 13.1. The Morgan fingerprint density at radius 3 is 2.69 bits per heavy atom. The molecule has 1 rings (SSSR count). The Morgan fingerprint density at radius 1 is 1.38 bits per heavy atom. The minimum absolute atomic E-state index is 0.181. The number of aliphatic hydroxyl groups excluding tert-OH is 1. The summed E-state index contributed by atoms with van der Waals surface area (Å²) in [6.45, 7) is 3.16. The third kappa shape index (κ3) is 4.29. The number of hydrogen-bond donors (Lipinski definition) is 1. The lowest BCUT2D eigenvalue weighted by atomic mass is 10.1. The average Bonchev–Trinajstić information content (AvgIpc) is 2.21. The van der Waals surface area contributed by atoms with Crippen molar-refractivity contribution in [3.05, 3.63) is 35.6 Å². The third-order valence-electron chi connectivity index (χ3n) is 2.54. The summed E-state index contributed by atoms with van der Waals surface area (Å²) >= 11 is 0. The first-order valence-electron chi connectivity index (χ1n) is 5.73. The second-order valence-electron chi connectivity index (χ2n) is 4.23. The Morgan fingerprint density at radius 2 is 2.06 bits per heavy atom. The minimum atomic E-state index is -0.318. The molecule has 0 amide bonds. The number of nitrogens with zero attached hydrogens (tertiary/aromatic N) is 1. The van der Waals surface area contributed by atoms with E-state index in [0.717, 1.165) is 12.8 Å². The summed E-state index contributed by atoms with van der Waals surface area (Å²) in [6, 6.07) is 6.75. The molecule has 0 radical (unpaired) electrons. The number of halogens is 1. The monoisotopic (exact) mass is 225 g/mol. The van der Waals surface area contributed by atoms with Crippen molar-refractivity contribution in [2.24, 2.45) is 0 Å². The molecule has 90 valence electrons. The average molecular weight is 225 g/mol. The Hall–Kier alpha value is -0.930. The van der Waals surface area contributed by atoms with Gasteiger partial charge in [-0.2, -0.15) is 0 Å². The molecule has 0 fully saturated rings. The van der Waals surface area contributed by atoms with Crippen LogP contribution in [0.25, 0.3) is 0 Å². The van der Waals surface area contributed by atoms with Crippen LogP contribution in [0.2, 0.25) is 0 Å². The van der Waals surface area contributed by atoms with Crippen LogP contribution in [0, 0.1) is 5.82 Å². The van der Waals surface area contributed by atoms with Crippen LogP contribution in [0.3, 0.4) is 0 Å². The van der Waals surface area contributed by atoms with Crippen molar-refractivity contribution < 1.29 is 9.50 Å². The highest BCUT2D eigenvalue weighted by molar-refractivity contribution is 5.16. The van der Waals surface area contributed by atoms with Crippen molar-refractivity contribution >= 4 is 0 Å². The summed E-state index contributed by atoms with van der Waals surface area (Å²) in [7, 11) is 1.89. The Bertz CT molecular complexity index is 317. The van der Waals surface area contributed by atoms with Crippen LogP contribution >= 0.6 is 0 Å². The summed E-state index contributed by atoms with van der Waals surface area (Å²) in [5.41, 5.74) is 0.675. The van der Waals surface area contributed by atoms with Gasteiger partial charge in [0.25, 0.3) is 0 Å². The first-order chi connectivity index (χ1) is 7.63. The second-order valence-corrected chi connectivity index (χ2v) is 4.23. The van der Waals surface area contributed by atoms with Crippen molar-refractivity contribution in [2.75, 3.05) is 13.6 Å². The van der Waals surface area contributed by atoms with E-state index in [2.05, 4.69) is 0 Å². The van der Waals surface area contributed by atoms with Crippen LogP contribution in [0.15, 0.2) is 24.3 Å². The molecule has 0 saturated carbocycles. The molecule has 0 bridgehead atoms. The van der Waals surface area contributed by atoms with Crippen molar-refractivity contribution in [1.29, 1.82) is 0 Å². The highest BCUT2D eigenvalue weighted by Gasteiger charge is 2.09. The maximum Gasteiger partial charge on any atom is 0.127 e. The molecular formula is C13H20FNO. The summed E-state index contributed by atoms with van der Waals surface area (Å²) in [5.74, 6) is -0.181. The normalized spacial score (nSPS) is 13.1. The molecule has 0 aliphatic rings. The predicted molar refractivity (Wildman–Crippen MR) is 63.6 cm³/mol. The van der Waals surface area contributed by atoms with Gasteiger partial charge >= 0.3 is 0 Å². The number of aliphatic hydroxyl groups is 1. The van der Waals surface area contributed by atoms with Gasteiger partial charge in [0.05, 0.1) is 6.10 Å². The van der Waals surface area contributed by atoms with E-state index in [9.17, 15) is 9.50 Å². The van der Waals surface area contributed by atoms with Crippen LogP contribution in [-0.2, 0) is 6.54 Å². The smallest absolute Gasteiger partial charge is 0.127 e. The highest BCUT2D eigenvalue weighted by atomic mass is 19.1. The molecule has 1 aromatic rings. The topological polar surface area (TPSA) is 23.5 Å². The zero-order chi connectivity index (χ0) is 12.0. The van der Waals surface area contributed by atoms with Crippen LogP contribution in [-0.4, -0.2) is 29.7 Å². The van der Waals surface area contributed by atoms with E-state index in [-0.39, 0.29) is 11.9 Å². The number of benzene rings is 1. The van der Waals surface area contributed by atoms with Crippen LogP contribution in [0.5, 0.6) is 0 Å². The van der Waals surface area contributed by atoms with Gasteiger partial charge in [-0.3, -0.25) is 4.90 Å². The zero-order valence-electron chi connectivity index (χ0n) is 9.99. The van der Waals surface area contributed by atoms with Gasteiger partial charge in [0.1, 0.15) is 5.82 Å². The third-order valence-corrected chi connectivity index (χ3v) is 2.54. The highest BCUT2D eigenvalue weighted by Crippen LogP contribution is 2.09. The molecule has 0 spiro atoms. The second kappa shape index (κ2) is 6.61. The largest absolute Gasteiger partial charge is 0.392 e. The van der Waals surface area contributed by atoms with Crippen molar-refractivity contribution in [2.45, 2.75) is 32.4 Å². The molecule has 0 aliphatic heterocycles. The molecule has 1 unspecified atom stereocenters. The van der Waals surface area contributed by atoms with Gasteiger partial charge < -0.3 is 5.11 Å². The molecule has 1 atom stereocenters. The van der Waals surface area contributed by atoms with E-state index in [1.54, 1.807) is 12.1 Å². The van der Waals surface area contributed by atoms with Crippen molar-refractivity contribution in [1.82, 2.24) is 4.90 Å². The van der Waals surface area contributed by atoms with E-state index in [0.29, 0.717) is 18.7 Å². The molecule has 3 heteroatoms. The standard InChI is InChI=1S/C13H20FNO/c1-3-6-12(16)10-15(2)9-11-7-4-5-8-13(11)14/h4-5,7-8,12,16H,3,6,9-10H2,1-2H3. The number of rotatable bonds is 6. The van der Waals surface area contributed by atoms with Gasteiger partial charge in [0, 0.05) is 18.7 Å². The van der Waals surface area contributed by atoms with Gasteiger partial charge in [-0.15, -0.1) is 0 Å². The molecule has 0 aliphatic carbocycles. The van der Waals surface area contributed by atoms with Crippen LogP contribution in [0.4, 0.5) is 4.39 Å². The quantitative estimate of drug-likeness (QED) is 0.803. The fourth-order valence-corrected chi connectivity index (χ4v) is 1.77. The first-order valence-corrected chi connectivity index (χ1v) is 5.73. The van der Waals surface area contributed by atoms with Gasteiger partial charge in [-0.25, -0.2) is 4.39 Å². The van der Waals surface area contributed by atoms with Gasteiger partial charge in [-0.1, -0.05) is 31.5 Å². The number of likely N-dealkylation sites (N-methyl/N-ethyl adjacent to an activating group) is 1. The minimum Gasteiger partial charge on any atom is -0.392 e. The molecular weight excluding hydrogens is 205 g/mol. The lowest BCUT2D eigenvalue weighted by Gasteiger charge is -2.20. The molecule has 0 saturated heterocycles. The summed E-state index contributed by atoms with van der Waals surface area (Å²) in [5, 5.41) is 9.63. The summed E-state index contributed by atoms with van der Waals surface area (Å²) in [4.78, 5) is 1.94. The lowest BCUT2D eigenvalue weighted by Crippen LogP contribution is -2.28. The Kier molecular flexibility index (Phi) is 5.43. The van der Waals surface area contributed by atoms with Gasteiger partial charge in [0.15, 0.2) is 0 Å². The maximum absolute atomic E-state index is 13.3. The summed E-state index contributed by atoms with van der Waals surface area (Å²) in [6.07, 6.45) is 1.44. The number of hydrogen-bond acceptors (Lipinski definition) is 2. The molecule has 2 nitrogen and oxygen atoms in total. The van der Waals surface area contributed by atoms with Crippen LogP contribution < -0.4 is 0 Å². The van der Waals surface area contributed by atoms with Crippen molar-refractivity contribution in [3.8, 4) is 0 Å². The summed E-state index contributed by atoms with van der Waals surface area (Å²) < 4.78 is 13.3. The fourth-order valence-electron chi connectivity index (χ4n) is 1.77. The van der Waals surface area contributed by atoms with E-state index in [4.69, 9.17) is 0 Å². The lowest BCUT2D eigenvalue weighted by molar-refractivity contribution is 0.114. The fraction of sp³-hybridized carbons (Fsp3) is 0.538. The van der Waals surface area contributed by atoms with Crippen LogP contribution in [0.1, 0.15) is 25.3 Å². The van der Waals surface area contributed by atoms with E-state index < -0.39 is 0 Å². The van der Waals surface area contributed by atoms with Gasteiger partial charge in [0.2, 0.25) is 0 Å². The molecule has 1 N–H and O–H groups in total. The SMILES string of the molecule is CCCC(O)CN(C)Cc1ccccc1F. The molecule has 0 aromatic heterocycles. The molecule has 16 heavy (non-hydrogen) atoms. The molecule has 0 heterocycles.